The van der Waals surface area contributed by atoms with E-state index in [1.165, 1.54) is 0 Å². The number of rotatable bonds is 1. The van der Waals surface area contributed by atoms with Crippen LogP contribution in [0.5, 0.6) is 0 Å². The number of H-pyrrole nitrogens is 1. The lowest BCUT2D eigenvalue weighted by Crippen LogP contribution is -2.40. The largest absolute Gasteiger partial charge is 0.444 e. The van der Waals surface area contributed by atoms with Gasteiger partial charge >= 0.3 is 6.09 Å². The van der Waals surface area contributed by atoms with E-state index in [1.807, 2.05) is 27.7 Å². The fourth-order valence-corrected chi connectivity index (χ4v) is 2.18. The molecule has 1 amide bonds. The summed E-state index contributed by atoms with van der Waals surface area (Å²) in [7, 11) is 0. The van der Waals surface area contributed by atoms with Gasteiger partial charge in [-0.3, -0.25) is 14.6 Å². The van der Waals surface area contributed by atoms with Crippen LogP contribution in [0.1, 0.15) is 39.0 Å². The van der Waals surface area contributed by atoms with Crippen LogP contribution in [-0.4, -0.2) is 32.9 Å². The molecular weight excluding hydrogens is 246 g/mol. The van der Waals surface area contributed by atoms with Crippen molar-refractivity contribution in [3.63, 3.8) is 0 Å². The van der Waals surface area contributed by atoms with E-state index in [4.69, 9.17) is 4.74 Å². The zero-order valence-electron chi connectivity index (χ0n) is 11.9. The van der Waals surface area contributed by atoms with Gasteiger partial charge in [-0.05, 0) is 34.1 Å². The number of carbonyl (C=O) groups excluding carboxylic acids is 1. The summed E-state index contributed by atoms with van der Waals surface area (Å²) in [4.78, 5) is 25.6. The molecule has 106 valence electrons. The van der Waals surface area contributed by atoms with Gasteiger partial charge in [0.1, 0.15) is 5.60 Å². The summed E-state index contributed by atoms with van der Waals surface area (Å²) < 4.78 is 6.92. The summed E-state index contributed by atoms with van der Waals surface area (Å²) in [6, 6.07) is 0. The van der Waals surface area contributed by atoms with E-state index in [0.717, 1.165) is 11.3 Å². The van der Waals surface area contributed by atoms with Crippen molar-refractivity contribution in [1.29, 1.82) is 0 Å². The molecule has 0 spiro atoms. The highest BCUT2D eigenvalue weighted by Crippen LogP contribution is 2.17. The van der Waals surface area contributed by atoms with Crippen molar-refractivity contribution in [3.8, 4) is 0 Å². The third kappa shape index (κ3) is 2.83. The van der Waals surface area contributed by atoms with Gasteiger partial charge in [-0.15, -0.1) is 0 Å². The lowest BCUT2D eigenvalue weighted by molar-refractivity contribution is 0.0221. The lowest BCUT2D eigenvalue weighted by atomic mass is 10.1. The standard InChI is InChI=1S/C13H21N3O3/c1-5-16-11(17)9-6-7-15(8-10(9)14-16)12(18)19-13(2,3)4/h14H,5-8H2,1-4H3. The number of hydrogen-bond donors (Lipinski definition) is 1. The number of hydrogen-bond acceptors (Lipinski definition) is 3. The highest BCUT2D eigenvalue weighted by Gasteiger charge is 2.28. The second-order valence-corrected chi connectivity index (χ2v) is 5.77. The van der Waals surface area contributed by atoms with Crippen LogP contribution in [0.25, 0.3) is 0 Å². The third-order valence-corrected chi connectivity index (χ3v) is 3.09. The van der Waals surface area contributed by atoms with Crippen molar-refractivity contribution in [2.24, 2.45) is 0 Å². The Morgan fingerprint density at radius 3 is 2.68 bits per heavy atom. The van der Waals surface area contributed by atoms with E-state index >= 15 is 0 Å². The smallest absolute Gasteiger partial charge is 0.410 e. The molecule has 0 saturated carbocycles. The fraction of sp³-hybridized carbons (Fsp3) is 0.692. The molecule has 1 N–H and O–H groups in total. The molecule has 0 bridgehead atoms. The average Bonchev–Trinajstić information content (AvgIpc) is 2.63. The zero-order chi connectivity index (χ0) is 14.2. The van der Waals surface area contributed by atoms with Crippen molar-refractivity contribution < 1.29 is 9.53 Å². The minimum absolute atomic E-state index is 0.0290. The molecule has 1 aliphatic rings. The molecule has 0 fully saturated rings. The van der Waals surface area contributed by atoms with Gasteiger partial charge in [0.05, 0.1) is 12.2 Å². The van der Waals surface area contributed by atoms with Crippen molar-refractivity contribution in [3.05, 3.63) is 21.6 Å². The molecule has 0 unspecified atom stereocenters. The van der Waals surface area contributed by atoms with Gasteiger partial charge < -0.3 is 9.64 Å². The number of aromatic amines is 1. The SMILES string of the molecule is CCn1[nH]c2c(c1=O)CCN(C(=O)OC(C)(C)C)C2. The Hall–Kier alpha value is -1.72. The summed E-state index contributed by atoms with van der Waals surface area (Å²) >= 11 is 0. The summed E-state index contributed by atoms with van der Waals surface area (Å²) in [5.74, 6) is 0. The fourth-order valence-electron chi connectivity index (χ4n) is 2.18. The Balaban J connectivity index is 2.14. The number of aromatic nitrogens is 2. The minimum atomic E-state index is -0.500. The van der Waals surface area contributed by atoms with Crippen molar-refractivity contribution in [1.82, 2.24) is 14.7 Å². The molecule has 1 aromatic rings. The quantitative estimate of drug-likeness (QED) is 0.838. The number of ether oxygens (including phenoxy) is 1. The van der Waals surface area contributed by atoms with Crippen molar-refractivity contribution >= 4 is 6.09 Å². The van der Waals surface area contributed by atoms with Crippen molar-refractivity contribution in [2.75, 3.05) is 6.54 Å². The Kier molecular flexibility index (Phi) is 3.43. The molecule has 0 radical (unpaired) electrons. The number of amides is 1. The maximum absolute atomic E-state index is 12.0. The van der Waals surface area contributed by atoms with Crippen LogP contribution in [0.4, 0.5) is 4.79 Å². The summed E-state index contributed by atoms with van der Waals surface area (Å²) in [6.07, 6.45) is 0.250. The summed E-state index contributed by atoms with van der Waals surface area (Å²) in [6.45, 7) is 8.99. The van der Waals surface area contributed by atoms with Gasteiger partial charge in [-0.2, -0.15) is 0 Å². The van der Waals surface area contributed by atoms with E-state index < -0.39 is 5.60 Å². The minimum Gasteiger partial charge on any atom is -0.444 e. The number of nitrogens with zero attached hydrogens (tertiary/aromatic N) is 2. The van der Waals surface area contributed by atoms with Gasteiger partial charge in [0.25, 0.3) is 5.56 Å². The predicted molar refractivity (Wildman–Crippen MR) is 71.1 cm³/mol. The highest BCUT2D eigenvalue weighted by atomic mass is 16.6. The second kappa shape index (κ2) is 4.75. The first-order valence-electron chi connectivity index (χ1n) is 6.60. The molecule has 0 aromatic carbocycles. The first kappa shape index (κ1) is 13.7. The predicted octanol–water partition coefficient (Wildman–Crippen LogP) is 1.49. The molecule has 6 heteroatoms. The van der Waals surface area contributed by atoms with Gasteiger partial charge in [-0.25, -0.2) is 4.79 Å². The Morgan fingerprint density at radius 2 is 2.11 bits per heavy atom. The monoisotopic (exact) mass is 267 g/mol. The zero-order valence-corrected chi connectivity index (χ0v) is 11.9. The van der Waals surface area contributed by atoms with Gasteiger partial charge in [0.2, 0.25) is 0 Å². The Bertz CT molecular complexity index is 536. The van der Waals surface area contributed by atoms with Crippen LogP contribution in [0.3, 0.4) is 0 Å². The molecule has 0 aliphatic carbocycles. The molecule has 6 nitrogen and oxygen atoms in total. The molecule has 1 aromatic heterocycles. The Morgan fingerprint density at radius 1 is 1.42 bits per heavy atom. The maximum Gasteiger partial charge on any atom is 0.410 e. The first-order valence-corrected chi connectivity index (χ1v) is 6.60. The van der Waals surface area contributed by atoms with Crippen molar-refractivity contribution in [2.45, 2.75) is 52.8 Å². The van der Waals surface area contributed by atoms with Crippen LogP contribution in [0.15, 0.2) is 4.79 Å². The molecule has 0 atom stereocenters. The number of fused-ring (bicyclic) bond motifs is 1. The van der Waals surface area contributed by atoms with Crippen LogP contribution in [-0.2, 0) is 24.2 Å². The molecule has 2 heterocycles. The van der Waals surface area contributed by atoms with E-state index in [2.05, 4.69) is 5.10 Å². The van der Waals surface area contributed by atoms with Crippen LogP contribution < -0.4 is 5.56 Å². The number of nitrogens with one attached hydrogen (secondary N) is 1. The van der Waals surface area contributed by atoms with Gasteiger partial charge in [0, 0.05) is 18.7 Å². The second-order valence-electron chi connectivity index (χ2n) is 5.77. The normalized spacial score (nSPS) is 15.3. The van der Waals surface area contributed by atoms with Crippen LogP contribution in [0.2, 0.25) is 0 Å². The highest BCUT2D eigenvalue weighted by molar-refractivity contribution is 5.68. The number of aryl methyl sites for hydroxylation is 1. The molecule has 1 aliphatic heterocycles. The topological polar surface area (TPSA) is 67.3 Å². The number of carbonyl (C=O) groups is 1. The lowest BCUT2D eigenvalue weighted by Gasteiger charge is -2.29. The maximum atomic E-state index is 12.0. The van der Waals surface area contributed by atoms with E-state index in [0.29, 0.717) is 26.1 Å². The van der Waals surface area contributed by atoms with E-state index in [9.17, 15) is 9.59 Å². The van der Waals surface area contributed by atoms with E-state index in [1.54, 1.807) is 9.58 Å². The summed E-state index contributed by atoms with van der Waals surface area (Å²) in [5.41, 5.74) is 1.15. The molecule has 2 rings (SSSR count). The summed E-state index contributed by atoms with van der Waals surface area (Å²) in [5, 5.41) is 3.05. The molecule has 0 saturated heterocycles. The van der Waals surface area contributed by atoms with Crippen LogP contribution >= 0.6 is 0 Å². The average molecular weight is 267 g/mol. The molecule has 19 heavy (non-hydrogen) atoms. The van der Waals surface area contributed by atoms with Gasteiger partial charge in [0.15, 0.2) is 0 Å². The third-order valence-electron chi connectivity index (χ3n) is 3.09. The molecular formula is C13H21N3O3. The first-order chi connectivity index (χ1) is 8.81. The Labute approximate surface area is 112 Å². The van der Waals surface area contributed by atoms with Crippen LogP contribution in [0, 0.1) is 0 Å². The van der Waals surface area contributed by atoms with E-state index in [-0.39, 0.29) is 11.7 Å². The van der Waals surface area contributed by atoms with Gasteiger partial charge in [-0.1, -0.05) is 0 Å².